The molecule has 0 bridgehead atoms. The first-order chi connectivity index (χ1) is 11.3. The summed E-state index contributed by atoms with van der Waals surface area (Å²) in [6.45, 7) is 5.80. The van der Waals surface area contributed by atoms with Crippen molar-refractivity contribution in [2.75, 3.05) is 0 Å². The number of rotatable bonds is 3. The number of benzene rings is 2. The maximum atomic E-state index is 12.1. The highest BCUT2D eigenvalue weighted by molar-refractivity contribution is 6.15. The summed E-state index contributed by atoms with van der Waals surface area (Å²) in [4.78, 5) is 27.4. The maximum Gasteiger partial charge on any atom is 0.251 e. The van der Waals surface area contributed by atoms with Gasteiger partial charge in [0.05, 0.1) is 11.1 Å². The van der Waals surface area contributed by atoms with Gasteiger partial charge in [-0.1, -0.05) is 51.1 Å². The number of aromatic nitrogens is 1. The number of H-pyrrole nitrogens is 1. The Morgan fingerprint density at radius 1 is 1.08 bits per heavy atom. The zero-order chi connectivity index (χ0) is 17.5. The van der Waals surface area contributed by atoms with Crippen LogP contribution in [0.3, 0.4) is 0 Å². The van der Waals surface area contributed by atoms with E-state index in [0.29, 0.717) is 16.6 Å². The predicted molar refractivity (Wildman–Crippen MR) is 95.6 cm³/mol. The lowest BCUT2D eigenvalue weighted by molar-refractivity contribution is -0.128. The first-order valence-electron chi connectivity index (χ1n) is 7.89. The lowest BCUT2D eigenvalue weighted by Crippen LogP contribution is -2.34. The van der Waals surface area contributed by atoms with Crippen molar-refractivity contribution >= 4 is 33.6 Å². The van der Waals surface area contributed by atoms with Gasteiger partial charge in [0.2, 0.25) is 5.91 Å². The molecule has 0 fully saturated rings. The van der Waals surface area contributed by atoms with Gasteiger partial charge in [-0.25, -0.2) is 0 Å². The molecule has 0 aliphatic carbocycles. The van der Waals surface area contributed by atoms with E-state index in [4.69, 9.17) is 5.73 Å². The third-order valence-electron chi connectivity index (χ3n) is 4.14. The Bertz CT molecular complexity index is 948. The largest absolute Gasteiger partial charge is 0.366 e. The van der Waals surface area contributed by atoms with Crippen LogP contribution in [0.1, 0.15) is 36.7 Å². The van der Waals surface area contributed by atoms with E-state index >= 15 is 0 Å². The molecule has 0 saturated heterocycles. The lowest BCUT2D eigenvalue weighted by atomic mass is 9.95. The van der Waals surface area contributed by atoms with Crippen LogP contribution in [0.25, 0.3) is 21.8 Å². The Balaban J connectivity index is 2.08. The van der Waals surface area contributed by atoms with Crippen molar-refractivity contribution in [2.24, 2.45) is 11.1 Å². The van der Waals surface area contributed by atoms with E-state index in [1.807, 2.05) is 57.2 Å². The summed E-state index contributed by atoms with van der Waals surface area (Å²) in [7, 11) is 0. The fourth-order valence-corrected chi connectivity index (χ4v) is 2.83. The number of para-hydroxylation sites is 1. The molecule has 0 aliphatic rings. The zero-order valence-corrected chi connectivity index (χ0v) is 14.1. The summed E-state index contributed by atoms with van der Waals surface area (Å²) >= 11 is 0. The molecule has 0 aliphatic heterocycles. The molecule has 0 saturated carbocycles. The molecule has 2 aromatic carbocycles. The number of carbonyl (C=O) groups excluding carboxylic acids is 2. The van der Waals surface area contributed by atoms with Crippen LogP contribution < -0.4 is 11.1 Å². The van der Waals surface area contributed by atoms with Gasteiger partial charge in [-0.15, -0.1) is 0 Å². The summed E-state index contributed by atoms with van der Waals surface area (Å²) in [6.07, 6.45) is 0. The molecule has 0 spiro atoms. The second-order valence-corrected chi connectivity index (χ2v) is 6.99. The monoisotopic (exact) mass is 323 g/mol. The van der Waals surface area contributed by atoms with Crippen LogP contribution in [0.5, 0.6) is 0 Å². The average Bonchev–Trinajstić information content (AvgIpc) is 2.89. The van der Waals surface area contributed by atoms with Crippen molar-refractivity contribution in [3.8, 4) is 0 Å². The van der Waals surface area contributed by atoms with Crippen molar-refractivity contribution in [3.63, 3.8) is 0 Å². The first kappa shape index (κ1) is 16.1. The van der Waals surface area contributed by atoms with E-state index in [1.54, 1.807) is 0 Å². The molecule has 0 radical (unpaired) electrons. The zero-order valence-electron chi connectivity index (χ0n) is 14.1. The van der Waals surface area contributed by atoms with Gasteiger partial charge in [0, 0.05) is 28.2 Å². The SMILES string of the molecule is CC(C)(C)C(=O)NCc1ccc2c([nH]c3ccccc32)c1C(N)=O. The minimum Gasteiger partial charge on any atom is -0.366 e. The standard InChI is InChI=1S/C19H21N3O2/c1-19(2,3)18(24)21-10-11-8-9-13-12-6-4-5-7-14(12)22-16(13)15(11)17(20)23/h4-9,22H,10H2,1-3H3,(H2,20,23)(H,21,24). The third kappa shape index (κ3) is 2.73. The van der Waals surface area contributed by atoms with E-state index < -0.39 is 11.3 Å². The van der Waals surface area contributed by atoms with Crippen LogP contribution in [-0.4, -0.2) is 16.8 Å². The topological polar surface area (TPSA) is 88.0 Å². The number of hydrogen-bond donors (Lipinski definition) is 3. The molecule has 0 unspecified atom stereocenters. The fourth-order valence-electron chi connectivity index (χ4n) is 2.83. The van der Waals surface area contributed by atoms with Crippen molar-refractivity contribution in [3.05, 3.63) is 47.5 Å². The summed E-state index contributed by atoms with van der Waals surface area (Å²) in [5.41, 5.74) is 7.94. The molecule has 5 heteroatoms. The molecule has 124 valence electrons. The van der Waals surface area contributed by atoms with E-state index in [0.717, 1.165) is 16.3 Å². The minimum atomic E-state index is -0.507. The highest BCUT2D eigenvalue weighted by Crippen LogP contribution is 2.29. The number of nitrogens with one attached hydrogen (secondary N) is 2. The highest BCUT2D eigenvalue weighted by Gasteiger charge is 2.22. The van der Waals surface area contributed by atoms with Crippen LogP contribution in [0, 0.1) is 5.41 Å². The summed E-state index contributed by atoms with van der Waals surface area (Å²) < 4.78 is 0. The van der Waals surface area contributed by atoms with Crippen molar-refractivity contribution in [1.82, 2.24) is 10.3 Å². The van der Waals surface area contributed by atoms with Gasteiger partial charge in [0.15, 0.2) is 0 Å². The minimum absolute atomic E-state index is 0.0744. The molecule has 2 amide bonds. The van der Waals surface area contributed by atoms with Crippen LogP contribution in [-0.2, 0) is 11.3 Å². The smallest absolute Gasteiger partial charge is 0.251 e. The molecule has 5 nitrogen and oxygen atoms in total. The van der Waals surface area contributed by atoms with Gasteiger partial charge in [-0.2, -0.15) is 0 Å². The Morgan fingerprint density at radius 3 is 2.46 bits per heavy atom. The number of fused-ring (bicyclic) bond motifs is 3. The van der Waals surface area contributed by atoms with Gasteiger partial charge in [0.1, 0.15) is 0 Å². The molecule has 4 N–H and O–H groups in total. The Kier molecular flexibility index (Phi) is 3.79. The van der Waals surface area contributed by atoms with E-state index in [2.05, 4.69) is 10.3 Å². The normalized spacial score (nSPS) is 11.8. The van der Waals surface area contributed by atoms with Crippen LogP contribution >= 0.6 is 0 Å². The van der Waals surface area contributed by atoms with Gasteiger partial charge in [0.25, 0.3) is 5.91 Å². The molecular formula is C19H21N3O2. The third-order valence-corrected chi connectivity index (χ3v) is 4.14. The molecule has 0 atom stereocenters. The van der Waals surface area contributed by atoms with E-state index in [-0.39, 0.29) is 12.5 Å². The average molecular weight is 323 g/mol. The highest BCUT2D eigenvalue weighted by atomic mass is 16.2. The molecule has 1 aromatic heterocycles. The summed E-state index contributed by atoms with van der Waals surface area (Å²) in [5.74, 6) is -0.582. The predicted octanol–water partition coefficient (Wildman–Crippen LogP) is 3.08. The number of carbonyl (C=O) groups is 2. The summed E-state index contributed by atoms with van der Waals surface area (Å²) in [5, 5.41) is 4.86. The van der Waals surface area contributed by atoms with Gasteiger partial charge >= 0.3 is 0 Å². The Hall–Kier alpha value is -2.82. The van der Waals surface area contributed by atoms with E-state index in [1.165, 1.54) is 0 Å². The Labute approximate surface area is 140 Å². The second kappa shape index (κ2) is 5.67. The number of hydrogen-bond acceptors (Lipinski definition) is 2. The quantitative estimate of drug-likeness (QED) is 0.691. The summed E-state index contributed by atoms with van der Waals surface area (Å²) in [6, 6.07) is 11.7. The van der Waals surface area contributed by atoms with Crippen LogP contribution in [0.15, 0.2) is 36.4 Å². The molecular weight excluding hydrogens is 302 g/mol. The first-order valence-corrected chi connectivity index (χ1v) is 7.89. The van der Waals surface area contributed by atoms with Crippen molar-refractivity contribution in [2.45, 2.75) is 27.3 Å². The maximum absolute atomic E-state index is 12.1. The fraction of sp³-hybridized carbons (Fsp3) is 0.263. The molecule has 3 aromatic rings. The lowest BCUT2D eigenvalue weighted by Gasteiger charge is -2.18. The molecule has 1 heterocycles. The van der Waals surface area contributed by atoms with Gasteiger partial charge < -0.3 is 16.0 Å². The van der Waals surface area contributed by atoms with Crippen LogP contribution in [0.4, 0.5) is 0 Å². The van der Waals surface area contributed by atoms with Gasteiger partial charge in [-0.05, 0) is 11.6 Å². The van der Waals surface area contributed by atoms with Crippen LogP contribution in [0.2, 0.25) is 0 Å². The molecule has 3 rings (SSSR count). The van der Waals surface area contributed by atoms with Crippen molar-refractivity contribution in [1.29, 1.82) is 0 Å². The number of nitrogens with two attached hydrogens (primary N) is 1. The molecule has 24 heavy (non-hydrogen) atoms. The van der Waals surface area contributed by atoms with E-state index in [9.17, 15) is 9.59 Å². The van der Waals surface area contributed by atoms with Crippen molar-refractivity contribution < 1.29 is 9.59 Å². The number of primary amides is 1. The van der Waals surface area contributed by atoms with Gasteiger partial charge in [-0.3, -0.25) is 9.59 Å². The number of aromatic amines is 1. The second-order valence-electron chi connectivity index (χ2n) is 6.99. The number of amides is 2. The Morgan fingerprint density at radius 2 is 1.79 bits per heavy atom.